The average Bonchev–Trinajstić information content (AvgIpc) is 3.34. The number of morpholine rings is 1. The maximum Gasteiger partial charge on any atom is 0.252 e. The second kappa shape index (κ2) is 11.6. The zero-order chi connectivity index (χ0) is 25.7. The molecule has 1 N–H and O–H groups in total. The number of benzene rings is 1. The molecule has 0 spiro atoms. The van der Waals surface area contributed by atoms with Crippen molar-refractivity contribution in [3.63, 3.8) is 0 Å². The molecule has 4 rings (SSSR count). The third-order valence-electron chi connectivity index (χ3n) is 6.90. The maximum atomic E-state index is 13.1. The number of hydrogen-bond acceptors (Lipinski definition) is 7. The van der Waals surface area contributed by atoms with Gasteiger partial charge in [-0.15, -0.1) is 5.10 Å². The SMILES string of the molecule is CCCC(c1nnnn1C(C)(C)C)N(CCCN1CCOCC1)Cc1cc2cc(C)ccc2[nH]c1=O. The van der Waals surface area contributed by atoms with E-state index >= 15 is 0 Å². The predicted octanol–water partition coefficient (Wildman–Crippen LogP) is 3.64. The average molecular weight is 496 g/mol. The molecular formula is C27H41N7O2. The van der Waals surface area contributed by atoms with Crippen LogP contribution in [0, 0.1) is 6.92 Å². The molecule has 36 heavy (non-hydrogen) atoms. The van der Waals surface area contributed by atoms with Gasteiger partial charge in [0.1, 0.15) is 0 Å². The molecule has 3 aromatic rings. The minimum absolute atomic E-state index is 0.0153. The van der Waals surface area contributed by atoms with Gasteiger partial charge in [0.25, 0.3) is 5.56 Å². The van der Waals surface area contributed by atoms with Gasteiger partial charge in [-0.1, -0.05) is 25.0 Å². The van der Waals surface area contributed by atoms with Crippen molar-refractivity contribution >= 4 is 10.9 Å². The Labute approximate surface area is 213 Å². The van der Waals surface area contributed by atoms with E-state index in [1.54, 1.807) is 0 Å². The minimum Gasteiger partial charge on any atom is -0.379 e. The molecule has 9 heteroatoms. The van der Waals surface area contributed by atoms with E-state index < -0.39 is 0 Å². The first-order valence-corrected chi connectivity index (χ1v) is 13.2. The molecule has 0 aliphatic carbocycles. The van der Waals surface area contributed by atoms with E-state index in [9.17, 15) is 4.79 Å². The minimum atomic E-state index is -0.234. The largest absolute Gasteiger partial charge is 0.379 e. The summed E-state index contributed by atoms with van der Waals surface area (Å²) in [6, 6.07) is 8.20. The predicted molar refractivity (Wildman–Crippen MR) is 142 cm³/mol. The molecule has 3 heterocycles. The van der Waals surface area contributed by atoms with Crippen molar-refractivity contribution in [2.75, 3.05) is 39.4 Å². The third kappa shape index (κ3) is 6.38. The van der Waals surface area contributed by atoms with Crippen molar-refractivity contribution in [3.8, 4) is 0 Å². The highest BCUT2D eigenvalue weighted by Crippen LogP contribution is 2.29. The fourth-order valence-corrected chi connectivity index (χ4v) is 5.00. The number of tetrazole rings is 1. The number of ether oxygens (including phenoxy) is 1. The Kier molecular flexibility index (Phi) is 8.54. The molecule has 1 unspecified atom stereocenters. The first-order valence-electron chi connectivity index (χ1n) is 13.2. The van der Waals surface area contributed by atoms with Crippen LogP contribution in [0.2, 0.25) is 0 Å². The monoisotopic (exact) mass is 495 g/mol. The van der Waals surface area contributed by atoms with Crippen LogP contribution in [0.1, 0.15) is 70.0 Å². The lowest BCUT2D eigenvalue weighted by Crippen LogP contribution is -2.39. The van der Waals surface area contributed by atoms with Crippen LogP contribution in [-0.4, -0.2) is 74.4 Å². The highest BCUT2D eigenvalue weighted by atomic mass is 16.5. The van der Waals surface area contributed by atoms with Gasteiger partial charge in [-0.25, -0.2) is 4.68 Å². The Hall–Kier alpha value is -2.62. The van der Waals surface area contributed by atoms with Gasteiger partial charge in [-0.3, -0.25) is 14.6 Å². The summed E-state index contributed by atoms with van der Waals surface area (Å²) in [5.41, 5.74) is 2.55. The summed E-state index contributed by atoms with van der Waals surface area (Å²) in [6.45, 7) is 16.6. The molecule has 2 aromatic heterocycles. The van der Waals surface area contributed by atoms with Crippen molar-refractivity contribution in [3.05, 3.63) is 51.6 Å². The van der Waals surface area contributed by atoms with Crippen molar-refractivity contribution < 1.29 is 4.74 Å². The number of rotatable bonds is 10. The highest BCUT2D eigenvalue weighted by molar-refractivity contribution is 5.79. The van der Waals surface area contributed by atoms with Gasteiger partial charge in [0.2, 0.25) is 0 Å². The summed E-state index contributed by atoms with van der Waals surface area (Å²) >= 11 is 0. The Balaban J connectivity index is 1.65. The molecule has 1 aromatic carbocycles. The Morgan fingerprint density at radius 2 is 1.97 bits per heavy atom. The molecule has 0 saturated carbocycles. The zero-order valence-electron chi connectivity index (χ0n) is 22.5. The number of pyridine rings is 1. The van der Waals surface area contributed by atoms with Gasteiger partial charge >= 0.3 is 0 Å². The molecule has 196 valence electrons. The summed E-state index contributed by atoms with van der Waals surface area (Å²) in [5.74, 6) is 0.865. The number of aromatic amines is 1. The number of hydrogen-bond donors (Lipinski definition) is 1. The lowest BCUT2D eigenvalue weighted by atomic mass is 10.0. The molecule has 0 radical (unpaired) electrons. The van der Waals surface area contributed by atoms with Crippen molar-refractivity contribution in [1.29, 1.82) is 0 Å². The van der Waals surface area contributed by atoms with Gasteiger partial charge in [0.05, 0.1) is 24.8 Å². The summed E-state index contributed by atoms with van der Waals surface area (Å²) in [6.07, 6.45) is 2.91. The van der Waals surface area contributed by atoms with Crippen molar-refractivity contribution in [2.45, 2.75) is 72.0 Å². The summed E-state index contributed by atoms with van der Waals surface area (Å²) in [5, 5.41) is 13.9. The Morgan fingerprint density at radius 1 is 1.19 bits per heavy atom. The first kappa shape index (κ1) is 26.4. The van der Waals surface area contributed by atoms with E-state index in [-0.39, 0.29) is 17.1 Å². The van der Waals surface area contributed by atoms with Crippen LogP contribution in [-0.2, 0) is 16.8 Å². The Bertz CT molecular complexity index is 1190. The molecule has 1 aliphatic heterocycles. The van der Waals surface area contributed by atoms with Gasteiger partial charge in [-0.2, -0.15) is 0 Å². The third-order valence-corrected chi connectivity index (χ3v) is 6.90. The molecular weight excluding hydrogens is 454 g/mol. The first-order chi connectivity index (χ1) is 17.3. The quantitative estimate of drug-likeness (QED) is 0.459. The number of aryl methyl sites for hydroxylation is 1. The topological polar surface area (TPSA) is 92.2 Å². The lowest BCUT2D eigenvalue weighted by molar-refractivity contribution is 0.0347. The second-order valence-electron chi connectivity index (χ2n) is 10.9. The van der Waals surface area contributed by atoms with E-state index in [2.05, 4.69) is 71.0 Å². The van der Waals surface area contributed by atoms with E-state index in [1.807, 2.05) is 22.9 Å². The molecule has 1 aliphatic rings. The van der Waals surface area contributed by atoms with Crippen LogP contribution >= 0.6 is 0 Å². The van der Waals surface area contributed by atoms with E-state index in [0.717, 1.165) is 80.9 Å². The van der Waals surface area contributed by atoms with Crippen LogP contribution in [0.3, 0.4) is 0 Å². The normalized spacial score (nSPS) is 16.2. The number of nitrogens with zero attached hydrogens (tertiary/aromatic N) is 6. The Morgan fingerprint density at radius 3 is 2.69 bits per heavy atom. The van der Waals surface area contributed by atoms with E-state index in [4.69, 9.17) is 4.74 Å². The molecule has 0 bridgehead atoms. The molecule has 1 fully saturated rings. The lowest BCUT2D eigenvalue weighted by Gasteiger charge is -2.34. The van der Waals surface area contributed by atoms with Crippen LogP contribution in [0.4, 0.5) is 0 Å². The second-order valence-corrected chi connectivity index (χ2v) is 10.9. The van der Waals surface area contributed by atoms with Gasteiger partial charge in [-0.05, 0) is 81.1 Å². The summed E-state index contributed by atoms with van der Waals surface area (Å²) in [4.78, 5) is 21.1. The zero-order valence-corrected chi connectivity index (χ0v) is 22.5. The molecule has 0 amide bonds. The van der Waals surface area contributed by atoms with Gasteiger partial charge < -0.3 is 9.72 Å². The molecule has 1 saturated heterocycles. The summed E-state index contributed by atoms with van der Waals surface area (Å²) in [7, 11) is 0. The number of fused-ring (bicyclic) bond motifs is 1. The fourth-order valence-electron chi connectivity index (χ4n) is 5.00. The van der Waals surface area contributed by atoms with E-state index in [1.165, 1.54) is 5.56 Å². The molecule has 1 atom stereocenters. The van der Waals surface area contributed by atoms with E-state index in [0.29, 0.717) is 6.54 Å². The van der Waals surface area contributed by atoms with Crippen LogP contribution in [0.25, 0.3) is 10.9 Å². The fraction of sp³-hybridized carbons (Fsp3) is 0.630. The highest BCUT2D eigenvalue weighted by Gasteiger charge is 2.30. The number of nitrogens with one attached hydrogen (secondary N) is 1. The van der Waals surface area contributed by atoms with Crippen LogP contribution < -0.4 is 5.56 Å². The number of H-pyrrole nitrogens is 1. The van der Waals surface area contributed by atoms with Crippen LogP contribution in [0.5, 0.6) is 0 Å². The summed E-state index contributed by atoms with van der Waals surface area (Å²) < 4.78 is 7.45. The van der Waals surface area contributed by atoms with Crippen LogP contribution in [0.15, 0.2) is 29.1 Å². The van der Waals surface area contributed by atoms with Crippen molar-refractivity contribution in [1.82, 2.24) is 35.0 Å². The van der Waals surface area contributed by atoms with Gasteiger partial charge in [0, 0.05) is 37.3 Å². The molecule has 9 nitrogen and oxygen atoms in total. The maximum absolute atomic E-state index is 13.1. The van der Waals surface area contributed by atoms with Crippen molar-refractivity contribution in [2.24, 2.45) is 0 Å². The smallest absolute Gasteiger partial charge is 0.252 e. The number of aromatic nitrogens is 5. The standard InChI is InChI=1S/C27H41N7O2/c1-6-8-24(25-29-30-31-34(25)27(3,4)5)33(12-7-11-32-13-15-36-16-14-32)19-22-18-21-17-20(2)9-10-23(21)28-26(22)35/h9-10,17-18,24H,6-8,11-16,19H2,1-5H3,(H,28,35). The van der Waals surface area contributed by atoms with Gasteiger partial charge in [0.15, 0.2) is 5.82 Å².